The first-order valence-corrected chi connectivity index (χ1v) is 6.78. The Morgan fingerprint density at radius 1 is 1.30 bits per heavy atom. The van der Waals surface area contributed by atoms with E-state index < -0.39 is 5.25 Å². The molecule has 0 fully saturated rings. The fraction of sp³-hybridized carbons (Fsp3) is 0.133. The maximum atomic E-state index is 11.9. The van der Waals surface area contributed by atoms with Crippen LogP contribution in [0.5, 0.6) is 0 Å². The lowest BCUT2D eigenvalue weighted by atomic mass is 10.1. The standard InChI is InChI=1S/C15H12N2O2S/c1-19-15(18)14(20-13-4-2-3-9-17-13)12-7-5-11(10-16)6-8-12/h2-9,14H,1H3/t14-/m1/s1. The first-order chi connectivity index (χ1) is 9.74. The van der Waals surface area contributed by atoms with E-state index in [2.05, 4.69) is 11.1 Å². The summed E-state index contributed by atoms with van der Waals surface area (Å²) in [5, 5.41) is 9.05. The zero-order chi connectivity index (χ0) is 14.4. The Bertz CT molecular complexity index is 621. The SMILES string of the molecule is COC(=O)[C@H](Sc1ccccn1)c1ccc(C#N)cc1. The van der Waals surface area contributed by atoms with E-state index in [1.807, 2.05) is 18.2 Å². The lowest BCUT2D eigenvalue weighted by Gasteiger charge is -2.14. The molecular weight excluding hydrogens is 272 g/mol. The number of carbonyl (C=O) groups excluding carboxylic acids is 1. The number of hydrogen-bond donors (Lipinski definition) is 0. The van der Waals surface area contributed by atoms with Gasteiger partial charge >= 0.3 is 5.97 Å². The van der Waals surface area contributed by atoms with Gasteiger partial charge in [-0.2, -0.15) is 5.26 Å². The molecule has 5 heteroatoms. The van der Waals surface area contributed by atoms with Crippen molar-refractivity contribution >= 4 is 17.7 Å². The van der Waals surface area contributed by atoms with E-state index in [0.717, 1.165) is 10.6 Å². The molecule has 1 heterocycles. The van der Waals surface area contributed by atoms with E-state index in [1.54, 1.807) is 30.5 Å². The number of thioether (sulfide) groups is 1. The minimum Gasteiger partial charge on any atom is -0.468 e. The average Bonchev–Trinajstić information content (AvgIpc) is 2.53. The third kappa shape index (κ3) is 3.37. The van der Waals surface area contributed by atoms with Crippen LogP contribution in [0.15, 0.2) is 53.7 Å². The van der Waals surface area contributed by atoms with Gasteiger partial charge in [-0.25, -0.2) is 4.98 Å². The van der Waals surface area contributed by atoms with Crippen molar-refractivity contribution in [3.8, 4) is 6.07 Å². The zero-order valence-electron chi connectivity index (χ0n) is 10.8. The van der Waals surface area contributed by atoms with E-state index >= 15 is 0 Å². The smallest absolute Gasteiger partial charge is 0.323 e. The Morgan fingerprint density at radius 3 is 2.60 bits per heavy atom. The molecule has 0 saturated carbocycles. The number of esters is 1. The van der Waals surface area contributed by atoms with Gasteiger partial charge < -0.3 is 4.74 Å². The number of ether oxygens (including phenoxy) is 1. The summed E-state index contributed by atoms with van der Waals surface area (Å²) in [4.78, 5) is 16.1. The number of pyridine rings is 1. The van der Waals surface area contributed by atoms with Crippen molar-refractivity contribution in [3.05, 3.63) is 59.8 Å². The van der Waals surface area contributed by atoms with E-state index in [1.165, 1.54) is 18.9 Å². The maximum Gasteiger partial charge on any atom is 0.323 e. The normalized spacial score (nSPS) is 11.4. The van der Waals surface area contributed by atoms with Gasteiger partial charge in [-0.15, -0.1) is 0 Å². The number of methoxy groups -OCH3 is 1. The van der Waals surface area contributed by atoms with Crippen LogP contribution in [0.25, 0.3) is 0 Å². The van der Waals surface area contributed by atoms with E-state index in [-0.39, 0.29) is 5.97 Å². The summed E-state index contributed by atoms with van der Waals surface area (Å²) in [6.07, 6.45) is 1.68. The monoisotopic (exact) mass is 284 g/mol. The number of carbonyl (C=O) groups is 1. The summed E-state index contributed by atoms with van der Waals surface area (Å²) in [6.45, 7) is 0. The number of aromatic nitrogens is 1. The molecule has 0 unspecified atom stereocenters. The highest BCUT2D eigenvalue weighted by Gasteiger charge is 2.23. The van der Waals surface area contributed by atoms with Crippen LogP contribution < -0.4 is 0 Å². The number of rotatable bonds is 4. The molecule has 1 aromatic heterocycles. The van der Waals surface area contributed by atoms with Crippen LogP contribution in [-0.4, -0.2) is 18.1 Å². The molecule has 0 amide bonds. The Hall–Kier alpha value is -2.32. The molecule has 0 bridgehead atoms. The molecule has 0 N–H and O–H groups in total. The second-order valence-corrected chi connectivity index (χ2v) is 5.05. The molecule has 2 rings (SSSR count). The summed E-state index contributed by atoms with van der Waals surface area (Å²) < 4.78 is 4.84. The van der Waals surface area contributed by atoms with Crippen molar-refractivity contribution in [2.75, 3.05) is 7.11 Å². The first-order valence-electron chi connectivity index (χ1n) is 5.90. The maximum absolute atomic E-state index is 11.9. The Balaban J connectivity index is 2.27. The van der Waals surface area contributed by atoms with Gasteiger partial charge in [0.05, 0.1) is 23.8 Å². The van der Waals surface area contributed by atoms with Crippen molar-refractivity contribution in [1.29, 1.82) is 5.26 Å². The number of hydrogen-bond acceptors (Lipinski definition) is 5. The van der Waals surface area contributed by atoms with Crippen LogP contribution in [0.4, 0.5) is 0 Å². The predicted molar refractivity (Wildman–Crippen MR) is 76.0 cm³/mol. The second kappa shape index (κ2) is 6.73. The summed E-state index contributed by atoms with van der Waals surface area (Å²) in [5.41, 5.74) is 1.34. The average molecular weight is 284 g/mol. The lowest BCUT2D eigenvalue weighted by molar-refractivity contribution is -0.140. The molecule has 0 spiro atoms. The summed E-state index contributed by atoms with van der Waals surface area (Å²) in [7, 11) is 1.36. The van der Waals surface area contributed by atoms with Crippen LogP contribution in [0.3, 0.4) is 0 Å². The third-order valence-electron chi connectivity index (χ3n) is 2.63. The molecule has 1 atom stereocenters. The Morgan fingerprint density at radius 2 is 2.05 bits per heavy atom. The number of benzene rings is 1. The van der Waals surface area contributed by atoms with Gasteiger partial charge in [0.2, 0.25) is 0 Å². The largest absolute Gasteiger partial charge is 0.468 e. The zero-order valence-corrected chi connectivity index (χ0v) is 11.6. The predicted octanol–water partition coefficient (Wildman–Crippen LogP) is 2.96. The van der Waals surface area contributed by atoms with Crippen LogP contribution in [-0.2, 0) is 9.53 Å². The molecule has 4 nitrogen and oxygen atoms in total. The molecule has 100 valence electrons. The van der Waals surface area contributed by atoms with Crippen LogP contribution in [0, 0.1) is 11.3 Å². The molecule has 2 aromatic rings. The topological polar surface area (TPSA) is 63.0 Å². The minimum absolute atomic E-state index is 0.342. The molecule has 1 aromatic carbocycles. The first kappa shape index (κ1) is 14.1. The van der Waals surface area contributed by atoms with Gasteiger partial charge in [0, 0.05) is 6.20 Å². The van der Waals surface area contributed by atoms with E-state index in [0.29, 0.717) is 5.56 Å². The Labute approximate surface area is 121 Å². The molecule has 0 aliphatic heterocycles. The summed E-state index contributed by atoms with van der Waals surface area (Å²) in [6, 6.07) is 14.5. The van der Waals surface area contributed by atoms with Crippen molar-refractivity contribution < 1.29 is 9.53 Å². The quantitative estimate of drug-likeness (QED) is 0.638. The van der Waals surface area contributed by atoms with Crippen molar-refractivity contribution in [1.82, 2.24) is 4.98 Å². The summed E-state index contributed by atoms with van der Waals surface area (Å²) >= 11 is 1.32. The molecule has 20 heavy (non-hydrogen) atoms. The van der Waals surface area contributed by atoms with Crippen LogP contribution in [0.2, 0.25) is 0 Å². The molecule has 0 radical (unpaired) electrons. The fourth-order valence-electron chi connectivity index (χ4n) is 1.63. The van der Waals surface area contributed by atoms with Crippen molar-refractivity contribution in [3.63, 3.8) is 0 Å². The molecular formula is C15H12N2O2S. The van der Waals surface area contributed by atoms with Gasteiger partial charge in [0.1, 0.15) is 5.25 Å². The highest BCUT2D eigenvalue weighted by molar-refractivity contribution is 8.00. The Kier molecular flexibility index (Phi) is 4.75. The van der Waals surface area contributed by atoms with Gasteiger partial charge in [-0.3, -0.25) is 4.79 Å². The van der Waals surface area contributed by atoms with Crippen LogP contribution >= 0.6 is 11.8 Å². The van der Waals surface area contributed by atoms with Gasteiger partial charge in [-0.05, 0) is 29.8 Å². The molecule has 0 saturated heterocycles. The van der Waals surface area contributed by atoms with Crippen molar-refractivity contribution in [2.45, 2.75) is 10.3 Å². The number of nitrogens with zero attached hydrogens (tertiary/aromatic N) is 2. The van der Waals surface area contributed by atoms with Crippen LogP contribution in [0.1, 0.15) is 16.4 Å². The van der Waals surface area contributed by atoms with Gasteiger partial charge in [0.25, 0.3) is 0 Å². The highest BCUT2D eigenvalue weighted by Crippen LogP contribution is 2.35. The van der Waals surface area contributed by atoms with Gasteiger partial charge in [-0.1, -0.05) is 30.0 Å². The van der Waals surface area contributed by atoms with E-state index in [9.17, 15) is 4.79 Å². The minimum atomic E-state index is -0.498. The van der Waals surface area contributed by atoms with E-state index in [4.69, 9.17) is 10.00 Å². The molecule has 0 aliphatic carbocycles. The second-order valence-electron chi connectivity index (χ2n) is 3.92. The van der Waals surface area contributed by atoms with Gasteiger partial charge in [0.15, 0.2) is 0 Å². The molecule has 0 aliphatic rings. The van der Waals surface area contributed by atoms with Crippen molar-refractivity contribution in [2.24, 2.45) is 0 Å². The fourth-order valence-corrected chi connectivity index (χ4v) is 2.64. The highest BCUT2D eigenvalue weighted by atomic mass is 32.2. The number of nitriles is 1. The summed E-state index contributed by atoms with van der Waals surface area (Å²) in [5.74, 6) is -0.342. The third-order valence-corrected chi connectivity index (χ3v) is 3.82. The lowest BCUT2D eigenvalue weighted by Crippen LogP contribution is -2.11.